The predicted octanol–water partition coefficient (Wildman–Crippen LogP) is 2.32. The molecule has 5 nitrogen and oxygen atoms in total. The molecule has 0 unspecified atom stereocenters. The minimum absolute atomic E-state index is 0.269. The second-order valence-corrected chi connectivity index (χ2v) is 6.70. The zero-order valence-corrected chi connectivity index (χ0v) is 13.6. The molecule has 3 heterocycles. The molecule has 1 aliphatic heterocycles. The van der Waals surface area contributed by atoms with Crippen molar-refractivity contribution in [2.75, 3.05) is 26.2 Å². The van der Waals surface area contributed by atoms with E-state index in [1.807, 2.05) is 24.0 Å². The van der Waals surface area contributed by atoms with Gasteiger partial charge in [0.05, 0.1) is 5.69 Å². The van der Waals surface area contributed by atoms with Crippen molar-refractivity contribution >= 4 is 17.2 Å². The molecule has 0 spiro atoms. The summed E-state index contributed by atoms with van der Waals surface area (Å²) < 4.78 is 5.09. The Morgan fingerprint density at radius 2 is 2.18 bits per heavy atom. The lowest BCUT2D eigenvalue weighted by atomic mass is 10.2. The Bertz CT molecular complexity index is 601. The second-order valence-electron chi connectivity index (χ2n) is 5.67. The number of nitrogens with zero attached hydrogens (tertiary/aromatic N) is 3. The summed E-state index contributed by atoms with van der Waals surface area (Å²) in [5, 5.41) is 6.09. The lowest BCUT2D eigenvalue weighted by Crippen LogP contribution is -2.48. The summed E-state index contributed by atoms with van der Waals surface area (Å²) in [6, 6.07) is 6.10. The summed E-state index contributed by atoms with van der Waals surface area (Å²) in [6.45, 7) is 6.11. The molecule has 1 fully saturated rings. The molecule has 6 heteroatoms. The number of amides is 1. The van der Waals surface area contributed by atoms with Gasteiger partial charge in [-0.15, -0.1) is 11.3 Å². The van der Waals surface area contributed by atoms with Gasteiger partial charge in [-0.1, -0.05) is 11.2 Å². The van der Waals surface area contributed by atoms with Crippen LogP contribution in [0.15, 0.2) is 28.1 Å². The molecule has 0 saturated carbocycles. The third-order valence-corrected chi connectivity index (χ3v) is 4.89. The van der Waals surface area contributed by atoms with E-state index in [9.17, 15) is 4.79 Å². The molecule has 3 rings (SSSR count). The van der Waals surface area contributed by atoms with Crippen LogP contribution in [0.25, 0.3) is 0 Å². The van der Waals surface area contributed by atoms with Crippen molar-refractivity contribution in [1.82, 2.24) is 15.0 Å². The van der Waals surface area contributed by atoms with Crippen LogP contribution in [0.2, 0.25) is 0 Å². The van der Waals surface area contributed by atoms with Crippen molar-refractivity contribution in [3.63, 3.8) is 0 Å². The topological polar surface area (TPSA) is 49.6 Å². The van der Waals surface area contributed by atoms with Crippen LogP contribution >= 0.6 is 11.3 Å². The third-order valence-electron chi connectivity index (χ3n) is 3.95. The van der Waals surface area contributed by atoms with Gasteiger partial charge in [0, 0.05) is 50.1 Å². The summed E-state index contributed by atoms with van der Waals surface area (Å²) in [7, 11) is 0. The van der Waals surface area contributed by atoms with Gasteiger partial charge < -0.3 is 9.42 Å². The van der Waals surface area contributed by atoms with Crippen LogP contribution in [0, 0.1) is 6.92 Å². The molecule has 0 atom stereocenters. The molecule has 1 aliphatic rings. The molecule has 0 radical (unpaired) electrons. The van der Waals surface area contributed by atoms with E-state index in [1.165, 1.54) is 4.88 Å². The van der Waals surface area contributed by atoms with Crippen LogP contribution in [0.5, 0.6) is 0 Å². The van der Waals surface area contributed by atoms with Gasteiger partial charge in [0.1, 0.15) is 5.76 Å². The van der Waals surface area contributed by atoms with E-state index in [-0.39, 0.29) is 5.91 Å². The number of carbonyl (C=O) groups is 1. The highest BCUT2D eigenvalue weighted by atomic mass is 32.1. The first kappa shape index (κ1) is 15.2. The normalized spacial score (nSPS) is 16.1. The van der Waals surface area contributed by atoms with Gasteiger partial charge in [0.25, 0.3) is 0 Å². The Hall–Kier alpha value is -1.66. The van der Waals surface area contributed by atoms with Crippen molar-refractivity contribution in [1.29, 1.82) is 0 Å². The van der Waals surface area contributed by atoms with E-state index in [0.29, 0.717) is 6.42 Å². The highest BCUT2D eigenvalue weighted by Gasteiger charge is 2.21. The first-order chi connectivity index (χ1) is 10.7. The summed E-state index contributed by atoms with van der Waals surface area (Å²) in [6.07, 6.45) is 1.47. The Balaban J connectivity index is 1.42. The van der Waals surface area contributed by atoms with Gasteiger partial charge in [0.15, 0.2) is 0 Å². The molecule has 0 aromatic carbocycles. The molecule has 22 heavy (non-hydrogen) atoms. The molecular formula is C16H21N3O2S. The molecule has 0 N–H and O–H groups in total. The van der Waals surface area contributed by atoms with Gasteiger partial charge >= 0.3 is 0 Å². The first-order valence-electron chi connectivity index (χ1n) is 7.65. The van der Waals surface area contributed by atoms with Crippen LogP contribution in [0.4, 0.5) is 0 Å². The maximum Gasteiger partial charge on any atom is 0.223 e. The number of aromatic nitrogens is 1. The SMILES string of the molecule is Cc1cc(CN2CCN(C(=O)CCc3cccs3)CC2)no1. The predicted molar refractivity (Wildman–Crippen MR) is 85.7 cm³/mol. The molecule has 0 bridgehead atoms. The van der Waals surface area contributed by atoms with Crippen LogP contribution < -0.4 is 0 Å². The van der Waals surface area contributed by atoms with E-state index in [4.69, 9.17) is 4.52 Å². The van der Waals surface area contributed by atoms with Gasteiger partial charge in [-0.3, -0.25) is 9.69 Å². The van der Waals surface area contributed by atoms with Crippen molar-refractivity contribution in [2.45, 2.75) is 26.3 Å². The Labute approximate surface area is 134 Å². The lowest BCUT2D eigenvalue weighted by molar-refractivity contribution is -0.132. The summed E-state index contributed by atoms with van der Waals surface area (Å²) in [4.78, 5) is 17.8. The quantitative estimate of drug-likeness (QED) is 0.849. The van der Waals surface area contributed by atoms with Crippen LogP contribution in [-0.2, 0) is 17.8 Å². The van der Waals surface area contributed by atoms with E-state index < -0.39 is 0 Å². The summed E-state index contributed by atoms with van der Waals surface area (Å²) in [5.41, 5.74) is 0.968. The van der Waals surface area contributed by atoms with Crippen LogP contribution in [-0.4, -0.2) is 47.0 Å². The van der Waals surface area contributed by atoms with Crippen molar-refractivity contribution < 1.29 is 9.32 Å². The maximum atomic E-state index is 12.2. The Kier molecular flexibility index (Phi) is 4.90. The summed E-state index contributed by atoms with van der Waals surface area (Å²) >= 11 is 1.72. The minimum Gasteiger partial charge on any atom is -0.361 e. The average molecular weight is 319 g/mol. The maximum absolute atomic E-state index is 12.2. The third kappa shape index (κ3) is 3.96. The molecule has 0 aliphatic carbocycles. The van der Waals surface area contributed by atoms with Crippen molar-refractivity contribution in [3.05, 3.63) is 39.9 Å². The highest BCUT2D eigenvalue weighted by molar-refractivity contribution is 7.09. The molecule has 118 valence electrons. The summed E-state index contributed by atoms with van der Waals surface area (Å²) in [5.74, 6) is 1.11. The minimum atomic E-state index is 0.269. The first-order valence-corrected chi connectivity index (χ1v) is 8.53. The Morgan fingerprint density at radius 3 is 2.82 bits per heavy atom. The van der Waals surface area contributed by atoms with Crippen LogP contribution in [0.1, 0.15) is 22.8 Å². The van der Waals surface area contributed by atoms with Crippen molar-refractivity contribution in [2.24, 2.45) is 0 Å². The zero-order chi connectivity index (χ0) is 15.4. The molecular weight excluding hydrogens is 298 g/mol. The fraction of sp³-hybridized carbons (Fsp3) is 0.500. The fourth-order valence-corrected chi connectivity index (χ4v) is 3.43. The average Bonchev–Trinajstić information content (AvgIpc) is 3.17. The van der Waals surface area contributed by atoms with E-state index >= 15 is 0 Å². The number of piperazine rings is 1. The molecule has 2 aromatic rings. The highest BCUT2D eigenvalue weighted by Crippen LogP contribution is 2.13. The van der Waals surface area contributed by atoms with E-state index in [1.54, 1.807) is 11.3 Å². The lowest BCUT2D eigenvalue weighted by Gasteiger charge is -2.34. The van der Waals surface area contributed by atoms with Gasteiger partial charge in [0.2, 0.25) is 5.91 Å². The van der Waals surface area contributed by atoms with Gasteiger partial charge in [-0.2, -0.15) is 0 Å². The molecule has 1 saturated heterocycles. The molecule has 2 aromatic heterocycles. The van der Waals surface area contributed by atoms with Gasteiger partial charge in [-0.25, -0.2) is 0 Å². The van der Waals surface area contributed by atoms with Gasteiger partial charge in [-0.05, 0) is 24.8 Å². The van der Waals surface area contributed by atoms with E-state index in [0.717, 1.165) is 50.6 Å². The standard InChI is InChI=1S/C16H21N3O2S/c1-13-11-14(17-21-13)12-18-6-8-19(9-7-18)16(20)5-4-15-3-2-10-22-15/h2-3,10-11H,4-9,12H2,1H3. The number of hydrogen-bond acceptors (Lipinski definition) is 5. The Morgan fingerprint density at radius 1 is 1.36 bits per heavy atom. The zero-order valence-electron chi connectivity index (χ0n) is 12.8. The monoisotopic (exact) mass is 319 g/mol. The number of hydrogen-bond donors (Lipinski definition) is 0. The smallest absolute Gasteiger partial charge is 0.223 e. The number of carbonyl (C=O) groups excluding carboxylic acids is 1. The number of aryl methyl sites for hydroxylation is 2. The fourth-order valence-electron chi connectivity index (χ4n) is 2.72. The van der Waals surface area contributed by atoms with Crippen LogP contribution in [0.3, 0.4) is 0 Å². The molecule has 1 amide bonds. The number of rotatable bonds is 5. The van der Waals surface area contributed by atoms with Crippen molar-refractivity contribution in [3.8, 4) is 0 Å². The second kappa shape index (κ2) is 7.07. The largest absolute Gasteiger partial charge is 0.361 e. The van der Waals surface area contributed by atoms with E-state index in [2.05, 4.69) is 21.5 Å². The number of thiophene rings is 1.